The van der Waals surface area contributed by atoms with Gasteiger partial charge in [-0.3, -0.25) is 0 Å². The Labute approximate surface area is 123 Å². The van der Waals surface area contributed by atoms with E-state index >= 15 is 0 Å². The van der Waals surface area contributed by atoms with Crippen molar-refractivity contribution in [2.75, 3.05) is 7.11 Å². The van der Waals surface area contributed by atoms with E-state index in [1.807, 2.05) is 31.2 Å². The Kier molecular flexibility index (Phi) is 5.28. The zero-order valence-corrected chi connectivity index (χ0v) is 12.2. The molecule has 2 aromatic carbocycles. The Morgan fingerprint density at radius 2 is 1.90 bits per heavy atom. The number of methoxy groups -OCH3 is 1. The third-order valence-corrected chi connectivity index (χ3v) is 3.48. The SMILES string of the molecule is CCC(NCc1ccc(F)cc1F)c1ccccc1OC. The first-order valence-corrected chi connectivity index (χ1v) is 6.96. The fourth-order valence-electron chi connectivity index (χ4n) is 2.33. The van der Waals surface area contributed by atoms with Gasteiger partial charge >= 0.3 is 0 Å². The van der Waals surface area contributed by atoms with Crippen LogP contribution >= 0.6 is 0 Å². The highest BCUT2D eigenvalue weighted by Crippen LogP contribution is 2.27. The van der Waals surface area contributed by atoms with Gasteiger partial charge in [-0.15, -0.1) is 0 Å². The van der Waals surface area contributed by atoms with Crippen molar-refractivity contribution < 1.29 is 13.5 Å². The molecule has 0 saturated heterocycles. The molecule has 0 bridgehead atoms. The van der Waals surface area contributed by atoms with Crippen LogP contribution in [0.25, 0.3) is 0 Å². The molecule has 112 valence electrons. The first-order chi connectivity index (χ1) is 10.2. The highest BCUT2D eigenvalue weighted by Gasteiger charge is 2.14. The van der Waals surface area contributed by atoms with Gasteiger partial charge in [-0.25, -0.2) is 8.78 Å². The largest absolute Gasteiger partial charge is 0.496 e. The fourth-order valence-corrected chi connectivity index (χ4v) is 2.33. The van der Waals surface area contributed by atoms with Gasteiger partial charge in [0.15, 0.2) is 0 Å². The summed E-state index contributed by atoms with van der Waals surface area (Å²) >= 11 is 0. The van der Waals surface area contributed by atoms with Crippen LogP contribution in [0.15, 0.2) is 42.5 Å². The van der Waals surface area contributed by atoms with Gasteiger partial charge in [-0.1, -0.05) is 31.2 Å². The van der Waals surface area contributed by atoms with Crippen molar-refractivity contribution in [1.29, 1.82) is 0 Å². The molecule has 4 heteroatoms. The second kappa shape index (κ2) is 7.18. The van der Waals surface area contributed by atoms with E-state index in [1.54, 1.807) is 7.11 Å². The quantitative estimate of drug-likeness (QED) is 0.860. The predicted octanol–water partition coefficient (Wildman–Crippen LogP) is 4.21. The van der Waals surface area contributed by atoms with Gasteiger partial charge < -0.3 is 10.1 Å². The molecule has 0 spiro atoms. The Morgan fingerprint density at radius 1 is 1.14 bits per heavy atom. The molecule has 0 aromatic heterocycles. The summed E-state index contributed by atoms with van der Waals surface area (Å²) in [4.78, 5) is 0. The van der Waals surface area contributed by atoms with Crippen LogP contribution in [-0.4, -0.2) is 7.11 Å². The van der Waals surface area contributed by atoms with Gasteiger partial charge in [-0.2, -0.15) is 0 Å². The maximum absolute atomic E-state index is 13.6. The molecule has 1 unspecified atom stereocenters. The maximum Gasteiger partial charge on any atom is 0.130 e. The summed E-state index contributed by atoms with van der Waals surface area (Å²) in [5.41, 5.74) is 1.48. The number of ether oxygens (including phenoxy) is 1. The summed E-state index contributed by atoms with van der Waals surface area (Å²) in [7, 11) is 1.63. The Hall–Kier alpha value is -1.94. The molecule has 0 fully saturated rings. The smallest absolute Gasteiger partial charge is 0.130 e. The van der Waals surface area contributed by atoms with Gasteiger partial charge in [0.2, 0.25) is 0 Å². The van der Waals surface area contributed by atoms with Crippen LogP contribution in [0.3, 0.4) is 0 Å². The second-order valence-electron chi connectivity index (χ2n) is 4.82. The minimum Gasteiger partial charge on any atom is -0.496 e. The van der Waals surface area contributed by atoms with Crippen molar-refractivity contribution in [2.24, 2.45) is 0 Å². The van der Waals surface area contributed by atoms with Gasteiger partial charge in [-0.05, 0) is 18.6 Å². The third-order valence-electron chi connectivity index (χ3n) is 3.48. The van der Waals surface area contributed by atoms with Crippen LogP contribution < -0.4 is 10.1 Å². The average molecular weight is 291 g/mol. The molecule has 0 aliphatic heterocycles. The topological polar surface area (TPSA) is 21.3 Å². The monoisotopic (exact) mass is 291 g/mol. The van der Waals surface area contributed by atoms with E-state index < -0.39 is 11.6 Å². The Bertz CT molecular complexity index is 601. The number of hydrogen-bond donors (Lipinski definition) is 1. The van der Waals surface area contributed by atoms with E-state index in [1.165, 1.54) is 12.1 Å². The summed E-state index contributed by atoms with van der Waals surface area (Å²) in [6, 6.07) is 11.4. The number of hydrogen-bond acceptors (Lipinski definition) is 2. The molecule has 2 aromatic rings. The number of nitrogens with one attached hydrogen (secondary N) is 1. The molecule has 1 atom stereocenters. The normalized spacial score (nSPS) is 12.2. The lowest BCUT2D eigenvalue weighted by molar-refractivity contribution is 0.396. The summed E-state index contributed by atoms with van der Waals surface area (Å²) in [5, 5.41) is 3.29. The van der Waals surface area contributed by atoms with Crippen LogP contribution in [0.2, 0.25) is 0 Å². The van der Waals surface area contributed by atoms with Crippen LogP contribution in [0.4, 0.5) is 8.78 Å². The van der Waals surface area contributed by atoms with Crippen LogP contribution in [0, 0.1) is 11.6 Å². The maximum atomic E-state index is 13.6. The van der Waals surface area contributed by atoms with Crippen LogP contribution in [-0.2, 0) is 6.54 Å². The lowest BCUT2D eigenvalue weighted by atomic mass is 10.0. The van der Waals surface area contributed by atoms with Crippen LogP contribution in [0.5, 0.6) is 5.75 Å². The van der Waals surface area contributed by atoms with Crippen molar-refractivity contribution in [3.8, 4) is 5.75 Å². The molecular weight excluding hydrogens is 272 g/mol. The number of rotatable bonds is 6. The van der Waals surface area contributed by atoms with E-state index in [4.69, 9.17) is 4.74 Å². The predicted molar refractivity (Wildman–Crippen MR) is 79.2 cm³/mol. The zero-order chi connectivity index (χ0) is 15.2. The van der Waals surface area contributed by atoms with Gasteiger partial charge in [0.05, 0.1) is 7.11 Å². The van der Waals surface area contributed by atoms with Crippen molar-refractivity contribution in [3.63, 3.8) is 0 Å². The minimum absolute atomic E-state index is 0.0469. The molecule has 21 heavy (non-hydrogen) atoms. The number of para-hydroxylation sites is 1. The van der Waals surface area contributed by atoms with Crippen molar-refractivity contribution in [1.82, 2.24) is 5.32 Å². The van der Waals surface area contributed by atoms with Gasteiger partial charge in [0.1, 0.15) is 17.4 Å². The molecule has 1 N–H and O–H groups in total. The summed E-state index contributed by atoms with van der Waals surface area (Å²) in [6.45, 7) is 2.38. The van der Waals surface area contributed by atoms with E-state index in [-0.39, 0.29) is 6.04 Å². The van der Waals surface area contributed by atoms with Crippen molar-refractivity contribution >= 4 is 0 Å². The minimum atomic E-state index is -0.562. The highest BCUT2D eigenvalue weighted by molar-refractivity contribution is 5.36. The van der Waals surface area contributed by atoms with E-state index in [0.717, 1.165) is 23.8 Å². The van der Waals surface area contributed by atoms with Crippen LogP contribution in [0.1, 0.15) is 30.5 Å². The zero-order valence-electron chi connectivity index (χ0n) is 12.2. The summed E-state index contributed by atoms with van der Waals surface area (Å²) < 4.78 is 31.9. The highest BCUT2D eigenvalue weighted by atomic mass is 19.1. The van der Waals surface area contributed by atoms with E-state index in [9.17, 15) is 8.78 Å². The first-order valence-electron chi connectivity index (χ1n) is 6.96. The first kappa shape index (κ1) is 15.4. The molecule has 0 aliphatic rings. The summed E-state index contributed by atoms with van der Waals surface area (Å²) in [6.07, 6.45) is 0.836. The van der Waals surface area contributed by atoms with Crippen molar-refractivity contribution in [2.45, 2.75) is 25.9 Å². The van der Waals surface area contributed by atoms with E-state index in [2.05, 4.69) is 5.32 Å². The molecule has 2 rings (SSSR count). The fraction of sp³-hybridized carbons (Fsp3) is 0.294. The van der Waals surface area contributed by atoms with Crippen molar-refractivity contribution in [3.05, 3.63) is 65.2 Å². The second-order valence-corrected chi connectivity index (χ2v) is 4.82. The Balaban J connectivity index is 2.12. The molecule has 0 amide bonds. The molecule has 0 radical (unpaired) electrons. The number of benzene rings is 2. The molecule has 0 heterocycles. The van der Waals surface area contributed by atoms with Gasteiger partial charge in [0.25, 0.3) is 0 Å². The number of halogens is 2. The Morgan fingerprint density at radius 3 is 2.57 bits per heavy atom. The molecule has 2 nitrogen and oxygen atoms in total. The lowest BCUT2D eigenvalue weighted by Crippen LogP contribution is -2.21. The average Bonchev–Trinajstić information content (AvgIpc) is 2.50. The molecular formula is C17H19F2NO. The van der Waals surface area contributed by atoms with Gasteiger partial charge in [0, 0.05) is 29.8 Å². The molecule has 0 saturated carbocycles. The van der Waals surface area contributed by atoms with E-state index in [0.29, 0.717) is 12.1 Å². The lowest BCUT2D eigenvalue weighted by Gasteiger charge is -2.20. The standard InChI is InChI=1S/C17H19F2NO/c1-3-16(14-6-4-5-7-17(14)21-2)20-11-12-8-9-13(18)10-15(12)19/h4-10,16,20H,3,11H2,1-2H3. The summed E-state index contributed by atoms with van der Waals surface area (Å²) in [5.74, 6) is -0.290. The molecule has 0 aliphatic carbocycles. The third kappa shape index (κ3) is 3.79.